The molecule has 6 nitrogen and oxygen atoms in total. The van der Waals surface area contributed by atoms with E-state index in [0.29, 0.717) is 18.5 Å². The number of hydrogen-bond acceptors (Lipinski definition) is 5. The van der Waals surface area contributed by atoms with Crippen molar-refractivity contribution >= 4 is 18.3 Å². The summed E-state index contributed by atoms with van der Waals surface area (Å²) in [6.45, 7) is 1.46. The predicted molar refractivity (Wildman–Crippen MR) is 91.1 cm³/mol. The molecule has 0 aliphatic carbocycles. The van der Waals surface area contributed by atoms with E-state index >= 15 is 0 Å². The molecular formula is C19H19NO5. The lowest BCUT2D eigenvalue weighted by atomic mass is 10.1. The van der Waals surface area contributed by atoms with E-state index in [4.69, 9.17) is 9.47 Å². The summed E-state index contributed by atoms with van der Waals surface area (Å²) in [5.41, 5.74) is 1.68. The highest BCUT2D eigenvalue weighted by molar-refractivity contribution is 5.73. The molecule has 2 rings (SSSR count). The fourth-order valence-electron chi connectivity index (χ4n) is 2.16. The maximum atomic E-state index is 11.8. The number of carbonyl (C=O) groups excluding carboxylic acids is 3. The fraction of sp³-hybridized carbons (Fsp3) is 0.211. The molecule has 2 aromatic carbocycles. The van der Waals surface area contributed by atoms with E-state index in [1.807, 2.05) is 30.3 Å². The van der Waals surface area contributed by atoms with Crippen LogP contribution in [0.15, 0.2) is 54.6 Å². The highest BCUT2D eigenvalue weighted by Gasteiger charge is 2.13. The number of hydrogen-bond donors (Lipinski definition) is 1. The molecule has 0 heterocycles. The van der Waals surface area contributed by atoms with Gasteiger partial charge in [0.05, 0.1) is 6.04 Å². The number of amides is 1. The van der Waals surface area contributed by atoms with Crippen molar-refractivity contribution < 1.29 is 23.9 Å². The average Bonchev–Trinajstić information content (AvgIpc) is 2.61. The molecule has 0 fully saturated rings. The Morgan fingerprint density at radius 2 is 1.72 bits per heavy atom. The largest absolute Gasteiger partial charge is 0.445 e. The van der Waals surface area contributed by atoms with Crippen molar-refractivity contribution in [1.29, 1.82) is 0 Å². The Kier molecular flexibility index (Phi) is 6.71. The van der Waals surface area contributed by atoms with Crippen LogP contribution in [0, 0.1) is 0 Å². The number of aldehydes is 1. The molecule has 0 aliphatic heterocycles. The van der Waals surface area contributed by atoms with Gasteiger partial charge in [-0.05, 0) is 29.7 Å². The smallest absolute Gasteiger partial charge is 0.408 e. The molecule has 1 amide bonds. The van der Waals surface area contributed by atoms with E-state index in [1.165, 1.54) is 6.92 Å². The number of benzene rings is 2. The summed E-state index contributed by atoms with van der Waals surface area (Å²) in [7, 11) is 0. The van der Waals surface area contributed by atoms with Crippen molar-refractivity contribution in [2.45, 2.75) is 26.0 Å². The lowest BCUT2D eigenvalue weighted by molar-refractivity contribution is -0.131. The zero-order chi connectivity index (χ0) is 18.1. The van der Waals surface area contributed by atoms with Crippen molar-refractivity contribution in [3.8, 4) is 5.75 Å². The molecular weight excluding hydrogens is 322 g/mol. The van der Waals surface area contributed by atoms with Gasteiger partial charge in [-0.3, -0.25) is 4.79 Å². The highest BCUT2D eigenvalue weighted by Crippen LogP contribution is 2.13. The SMILES string of the molecule is CC(=O)Oc1ccc(CC(C=O)NC(=O)OCc2ccccc2)cc1. The monoisotopic (exact) mass is 341 g/mol. The number of nitrogens with one attached hydrogen (secondary N) is 1. The van der Waals surface area contributed by atoms with Gasteiger partial charge in [0.15, 0.2) is 0 Å². The zero-order valence-corrected chi connectivity index (χ0v) is 13.8. The van der Waals surface area contributed by atoms with E-state index in [-0.39, 0.29) is 6.61 Å². The summed E-state index contributed by atoms with van der Waals surface area (Å²) in [6.07, 6.45) is 0.311. The van der Waals surface area contributed by atoms with Gasteiger partial charge in [-0.2, -0.15) is 0 Å². The molecule has 0 spiro atoms. The molecule has 1 N–H and O–H groups in total. The van der Waals surface area contributed by atoms with Crippen LogP contribution in [-0.2, 0) is 27.4 Å². The zero-order valence-electron chi connectivity index (χ0n) is 13.8. The van der Waals surface area contributed by atoms with Gasteiger partial charge in [-0.25, -0.2) is 4.79 Å². The first-order valence-electron chi connectivity index (χ1n) is 7.76. The first-order valence-corrected chi connectivity index (χ1v) is 7.76. The van der Waals surface area contributed by atoms with Crippen LogP contribution in [0.5, 0.6) is 5.75 Å². The molecule has 0 aromatic heterocycles. The lowest BCUT2D eigenvalue weighted by Gasteiger charge is -2.13. The topological polar surface area (TPSA) is 81.7 Å². The van der Waals surface area contributed by atoms with E-state index in [0.717, 1.165) is 11.1 Å². The maximum absolute atomic E-state index is 11.8. The average molecular weight is 341 g/mol. The normalized spacial score (nSPS) is 11.2. The second-order valence-corrected chi connectivity index (χ2v) is 5.39. The van der Waals surface area contributed by atoms with Gasteiger partial charge in [0.25, 0.3) is 0 Å². The van der Waals surface area contributed by atoms with E-state index in [9.17, 15) is 14.4 Å². The highest BCUT2D eigenvalue weighted by atomic mass is 16.5. The number of alkyl carbamates (subject to hydrolysis) is 1. The van der Waals surface area contributed by atoms with Crippen LogP contribution in [0.3, 0.4) is 0 Å². The van der Waals surface area contributed by atoms with Crippen LogP contribution in [-0.4, -0.2) is 24.4 Å². The Labute approximate surface area is 145 Å². The Morgan fingerprint density at radius 3 is 2.32 bits per heavy atom. The summed E-state index contributed by atoms with van der Waals surface area (Å²) in [5.74, 6) is 0.0236. The molecule has 6 heteroatoms. The van der Waals surface area contributed by atoms with Crippen LogP contribution in [0.25, 0.3) is 0 Å². The first-order chi connectivity index (χ1) is 12.1. The Hall–Kier alpha value is -3.15. The molecule has 1 unspecified atom stereocenters. The van der Waals surface area contributed by atoms with Crippen molar-refractivity contribution in [1.82, 2.24) is 5.32 Å². The van der Waals surface area contributed by atoms with Gasteiger partial charge in [-0.15, -0.1) is 0 Å². The molecule has 0 aliphatic rings. The predicted octanol–water partition coefficient (Wildman–Crippen LogP) is 2.65. The quantitative estimate of drug-likeness (QED) is 0.476. The molecule has 25 heavy (non-hydrogen) atoms. The molecule has 1 atom stereocenters. The number of rotatable bonds is 7. The Morgan fingerprint density at radius 1 is 1.04 bits per heavy atom. The van der Waals surface area contributed by atoms with Crippen LogP contribution < -0.4 is 10.1 Å². The maximum Gasteiger partial charge on any atom is 0.408 e. The third-order valence-corrected chi connectivity index (χ3v) is 3.32. The first kappa shape index (κ1) is 18.2. The van der Waals surface area contributed by atoms with E-state index in [1.54, 1.807) is 24.3 Å². The van der Waals surface area contributed by atoms with Crippen molar-refractivity contribution in [2.75, 3.05) is 0 Å². The summed E-state index contributed by atoms with van der Waals surface area (Å²) in [6, 6.07) is 15.3. The Bertz CT molecular complexity index is 712. The van der Waals surface area contributed by atoms with Crippen LogP contribution in [0.4, 0.5) is 4.79 Å². The molecule has 130 valence electrons. The third-order valence-electron chi connectivity index (χ3n) is 3.32. The van der Waals surface area contributed by atoms with Gasteiger partial charge in [0.2, 0.25) is 0 Å². The molecule has 0 saturated heterocycles. The molecule has 0 saturated carbocycles. The summed E-state index contributed by atoms with van der Waals surface area (Å²) < 4.78 is 10.0. The molecule has 0 radical (unpaired) electrons. The van der Waals surface area contributed by atoms with Gasteiger partial charge in [0.1, 0.15) is 18.6 Å². The van der Waals surface area contributed by atoms with E-state index < -0.39 is 18.1 Å². The standard InChI is InChI=1S/C19H19NO5/c1-14(22)25-18-9-7-15(8-10-18)11-17(12-21)20-19(23)24-13-16-5-3-2-4-6-16/h2-10,12,17H,11,13H2,1H3,(H,20,23). The van der Waals surface area contributed by atoms with Crippen LogP contribution in [0.1, 0.15) is 18.1 Å². The van der Waals surface area contributed by atoms with Crippen molar-refractivity contribution in [2.24, 2.45) is 0 Å². The fourth-order valence-corrected chi connectivity index (χ4v) is 2.16. The Balaban J connectivity index is 1.83. The minimum Gasteiger partial charge on any atom is -0.445 e. The summed E-state index contributed by atoms with van der Waals surface area (Å²) >= 11 is 0. The number of ether oxygens (including phenoxy) is 2. The van der Waals surface area contributed by atoms with E-state index in [2.05, 4.69) is 5.32 Å². The third kappa shape index (κ3) is 6.47. The van der Waals surface area contributed by atoms with Crippen LogP contribution >= 0.6 is 0 Å². The minimum absolute atomic E-state index is 0.134. The minimum atomic E-state index is -0.706. The summed E-state index contributed by atoms with van der Waals surface area (Å²) in [5, 5.41) is 2.52. The lowest BCUT2D eigenvalue weighted by Crippen LogP contribution is -2.37. The van der Waals surface area contributed by atoms with Crippen molar-refractivity contribution in [3.63, 3.8) is 0 Å². The van der Waals surface area contributed by atoms with Gasteiger partial charge < -0.3 is 19.6 Å². The van der Waals surface area contributed by atoms with Gasteiger partial charge in [-0.1, -0.05) is 42.5 Å². The molecule has 2 aromatic rings. The van der Waals surface area contributed by atoms with Gasteiger partial charge in [0, 0.05) is 6.92 Å². The second kappa shape index (κ2) is 9.22. The molecule has 0 bridgehead atoms. The van der Waals surface area contributed by atoms with Crippen molar-refractivity contribution in [3.05, 3.63) is 65.7 Å². The number of esters is 1. The van der Waals surface area contributed by atoms with Crippen LogP contribution in [0.2, 0.25) is 0 Å². The number of carbonyl (C=O) groups is 3. The van der Waals surface area contributed by atoms with Gasteiger partial charge >= 0.3 is 12.1 Å². The summed E-state index contributed by atoms with van der Waals surface area (Å²) in [4.78, 5) is 33.9. The second-order valence-electron chi connectivity index (χ2n) is 5.39.